The lowest BCUT2D eigenvalue weighted by Crippen LogP contribution is -2.21. The molecule has 1 N–H and O–H groups in total. The van der Waals surface area contributed by atoms with Crippen molar-refractivity contribution in [1.29, 1.82) is 0 Å². The molecular formula is C12H16ClNO2S. The molecule has 0 spiro atoms. The van der Waals surface area contributed by atoms with Gasteiger partial charge in [0.25, 0.3) is 0 Å². The van der Waals surface area contributed by atoms with Crippen molar-refractivity contribution < 1.29 is 8.42 Å². The standard InChI is InChI=1S/C12H16ClNO2S/c1-2-14-11-7-4-8-17(15,16)12-9(11)5-3-6-10(12)13/h3,5-6,11,14H,2,4,7-8H2,1H3. The van der Waals surface area contributed by atoms with Gasteiger partial charge in [0.1, 0.15) is 0 Å². The van der Waals surface area contributed by atoms with E-state index in [1.54, 1.807) is 6.07 Å². The molecule has 2 rings (SSSR count). The summed E-state index contributed by atoms with van der Waals surface area (Å²) >= 11 is 6.06. The van der Waals surface area contributed by atoms with Gasteiger partial charge in [-0.25, -0.2) is 8.42 Å². The molecular weight excluding hydrogens is 258 g/mol. The average Bonchev–Trinajstić information content (AvgIpc) is 2.38. The molecule has 0 saturated carbocycles. The Morgan fingerprint density at radius 3 is 2.94 bits per heavy atom. The van der Waals surface area contributed by atoms with E-state index in [0.717, 1.165) is 18.5 Å². The van der Waals surface area contributed by atoms with Crippen molar-refractivity contribution in [2.75, 3.05) is 12.3 Å². The first-order valence-electron chi connectivity index (χ1n) is 5.81. The van der Waals surface area contributed by atoms with Crippen LogP contribution in [0.15, 0.2) is 23.1 Å². The van der Waals surface area contributed by atoms with E-state index in [4.69, 9.17) is 11.6 Å². The van der Waals surface area contributed by atoms with Crippen molar-refractivity contribution in [3.05, 3.63) is 28.8 Å². The van der Waals surface area contributed by atoms with Crippen molar-refractivity contribution in [3.63, 3.8) is 0 Å². The van der Waals surface area contributed by atoms with Gasteiger partial charge in [-0.3, -0.25) is 0 Å². The first kappa shape index (κ1) is 12.9. The normalized spacial score (nSPS) is 22.8. The molecule has 1 aromatic carbocycles. The maximum atomic E-state index is 12.2. The predicted octanol–water partition coefficient (Wildman–Crippen LogP) is 2.56. The fourth-order valence-corrected chi connectivity index (χ4v) is 4.54. The summed E-state index contributed by atoms with van der Waals surface area (Å²) in [6, 6.07) is 5.40. The smallest absolute Gasteiger partial charge is 0.180 e. The van der Waals surface area contributed by atoms with Crippen LogP contribution in [0.3, 0.4) is 0 Å². The van der Waals surface area contributed by atoms with Gasteiger partial charge in [-0.15, -0.1) is 0 Å². The highest BCUT2D eigenvalue weighted by atomic mass is 35.5. The minimum absolute atomic E-state index is 0.0889. The number of hydrogen-bond donors (Lipinski definition) is 1. The summed E-state index contributed by atoms with van der Waals surface area (Å²) in [4.78, 5) is 0.324. The highest BCUT2D eigenvalue weighted by Crippen LogP contribution is 2.35. The Labute approximate surface area is 107 Å². The third kappa shape index (κ3) is 2.49. The van der Waals surface area contributed by atoms with Gasteiger partial charge >= 0.3 is 0 Å². The topological polar surface area (TPSA) is 46.2 Å². The molecule has 0 amide bonds. The number of halogens is 1. The summed E-state index contributed by atoms with van der Waals surface area (Å²) in [6.07, 6.45) is 1.51. The van der Waals surface area contributed by atoms with Crippen LogP contribution in [-0.2, 0) is 9.84 Å². The van der Waals surface area contributed by atoms with Crippen LogP contribution in [0.4, 0.5) is 0 Å². The average molecular weight is 274 g/mol. The van der Waals surface area contributed by atoms with E-state index in [2.05, 4.69) is 5.32 Å². The molecule has 17 heavy (non-hydrogen) atoms. The second-order valence-electron chi connectivity index (χ2n) is 4.23. The third-order valence-corrected chi connectivity index (χ3v) is 5.37. The highest BCUT2D eigenvalue weighted by molar-refractivity contribution is 7.91. The van der Waals surface area contributed by atoms with Gasteiger partial charge in [-0.2, -0.15) is 0 Å². The van der Waals surface area contributed by atoms with E-state index < -0.39 is 9.84 Å². The lowest BCUT2D eigenvalue weighted by atomic mass is 10.0. The molecule has 0 aliphatic carbocycles. The summed E-state index contributed by atoms with van der Waals surface area (Å²) in [5, 5.41) is 3.66. The van der Waals surface area contributed by atoms with E-state index in [9.17, 15) is 8.42 Å². The molecule has 1 unspecified atom stereocenters. The summed E-state index contributed by atoms with van der Waals surface area (Å²) < 4.78 is 24.3. The van der Waals surface area contributed by atoms with Crippen LogP contribution < -0.4 is 5.32 Å². The van der Waals surface area contributed by atoms with E-state index in [1.807, 2.05) is 19.1 Å². The van der Waals surface area contributed by atoms with Gasteiger partial charge in [0, 0.05) is 6.04 Å². The summed E-state index contributed by atoms with van der Waals surface area (Å²) in [5.41, 5.74) is 0.817. The van der Waals surface area contributed by atoms with Crippen molar-refractivity contribution in [2.45, 2.75) is 30.7 Å². The molecule has 0 radical (unpaired) electrons. The Balaban J connectivity index is 2.60. The van der Waals surface area contributed by atoms with Gasteiger partial charge in [-0.05, 0) is 31.0 Å². The summed E-state index contributed by atoms with van der Waals surface area (Å²) in [6.45, 7) is 2.83. The molecule has 1 heterocycles. The first-order valence-corrected chi connectivity index (χ1v) is 7.84. The van der Waals surface area contributed by atoms with Gasteiger partial charge in [0.15, 0.2) is 9.84 Å². The van der Waals surface area contributed by atoms with Crippen LogP contribution in [0.2, 0.25) is 5.02 Å². The van der Waals surface area contributed by atoms with Crippen molar-refractivity contribution in [1.82, 2.24) is 5.32 Å². The maximum Gasteiger partial charge on any atom is 0.180 e. The van der Waals surface area contributed by atoms with Crippen LogP contribution in [0, 0.1) is 0 Å². The van der Waals surface area contributed by atoms with E-state index in [-0.39, 0.29) is 11.8 Å². The molecule has 5 heteroatoms. The lowest BCUT2D eigenvalue weighted by molar-refractivity contribution is 0.508. The van der Waals surface area contributed by atoms with Gasteiger partial charge in [0.05, 0.1) is 15.7 Å². The number of hydrogen-bond acceptors (Lipinski definition) is 3. The minimum atomic E-state index is -3.23. The number of nitrogens with one attached hydrogen (secondary N) is 1. The van der Waals surface area contributed by atoms with E-state index in [0.29, 0.717) is 16.3 Å². The molecule has 0 saturated heterocycles. The van der Waals surface area contributed by atoms with Crippen molar-refractivity contribution >= 4 is 21.4 Å². The van der Waals surface area contributed by atoms with Crippen LogP contribution >= 0.6 is 11.6 Å². The Hall–Kier alpha value is -0.580. The van der Waals surface area contributed by atoms with Crippen molar-refractivity contribution in [2.24, 2.45) is 0 Å². The fourth-order valence-electron chi connectivity index (χ4n) is 2.32. The number of fused-ring (bicyclic) bond motifs is 1. The summed E-state index contributed by atoms with van der Waals surface area (Å²) in [5.74, 6) is 0.186. The SMILES string of the molecule is CCNC1CCCS(=O)(=O)c2c(Cl)cccc21. The first-order chi connectivity index (χ1) is 8.06. The highest BCUT2D eigenvalue weighted by Gasteiger charge is 2.29. The molecule has 0 fully saturated rings. The molecule has 0 bridgehead atoms. The van der Waals surface area contributed by atoms with Crippen LogP contribution in [0.25, 0.3) is 0 Å². The van der Waals surface area contributed by atoms with Crippen LogP contribution in [-0.4, -0.2) is 20.7 Å². The Morgan fingerprint density at radius 1 is 1.47 bits per heavy atom. The zero-order chi connectivity index (χ0) is 12.5. The monoisotopic (exact) mass is 273 g/mol. The molecule has 1 aliphatic rings. The van der Waals surface area contributed by atoms with Crippen LogP contribution in [0.1, 0.15) is 31.4 Å². The van der Waals surface area contributed by atoms with Gasteiger partial charge < -0.3 is 5.32 Å². The summed E-state index contributed by atoms with van der Waals surface area (Å²) in [7, 11) is -3.23. The van der Waals surface area contributed by atoms with E-state index >= 15 is 0 Å². The minimum Gasteiger partial charge on any atom is -0.310 e. The quantitative estimate of drug-likeness (QED) is 0.901. The van der Waals surface area contributed by atoms with Gasteiger partial charge in [-0.1, -0.05) is 30.7 Å². The molecule has 3 nitrogen and oxygen atoms in total. The maximum absolute atomic E-state index is 12.2. The van der Waals surface area contributed by atoms with Gasteiger partial charge in [0.2, 0.25) is 0 Å². The molecule has 1 aliphatic heterocycles. The second-order valence-corrected chi connectivity index (χ2v) is 6.68. The zero-order valence-corrected chi connectivity index (χ0v) is 11.3. The Kier molecular flexibility index (Phi) is 3.76. The number of rotatable bonds is 2. The van der Waals surface area contributed by atoms with Crippen molar-refractivity contribution in [3.8, 4) is 0 Å². The molecule has 1 atom stereocenters. The largest absolute Gasteiger partial charge is 0.310 e. The number of sulfone groups is 1. The number of benzene rings is 1. The second kappa shape index (κ2) is 4.96. The lowest BCUT2D eigenvalue weighted by Gasteiger charge is -2.18. The zero-order valence-electron chi connectivity index (χ0n) is 9.74. The Morgan fingerprint density at radius 2 is 2.24 bits per heavy atom. The Bertz CT molecular complexity index is 513. The molecule has 0 aromatic heterocycles. The van der Waals surface area contributed by atoms with Crippen LogP contribution in [0.5, 0.6) is 0 Å². The fraction of sp³-hybridized carbons (Fsp3) is 0.500. The predicted molar refractivity (Wildman–Crippen MR) is 69.2 cm³/mol. The molecule has 94 valence electrons. The molecule has 1 aromatic rings. The van der Waals surface area contributed by atoms with E-state index in [1.165, 1.54) is 0 Å². The third-order valence-electron chi connectivity index (χ3n) is 3.04.